The molecule has 170 valence electrons. The van der Waals surface area contributed by atoms with Crippen LogP contribution in [0.15, 0.2) is 41.3 Å². The fraction of sp³-hybridized carbons (Fsp3) is 0.480. The van der Waals surface area contributed by atoms with E-state index >= 15 is 0 Å². The van der Waals surface area contributed by atoms with Crippen molar-refractivity contribution in [2.75, 3.05) is 37.3 Å². The number of ether oxygens (including phenoxy) is 2. The van der Waals surface area contributed by atoms with Crippen LogP contribution in [-0.2, 0) is 10.2 Å². The molecular weight excluding hydrogens is 422 g/mol. The molecule has 1 aliphatic carbocycles. The van der Waals surface area contributed by atoms with E-state index in [2.05, 4.69) is 28.1 Å². The molecule has 1 saturated carbocycles. The van der Waals surface area contributed by atoms with Crippen molar-refractivity contribution in [1.82, 2.24) is 4.90 Å². The molecule has 5 rings (SSSR count). The molecule has 3 aliphatic rings. The Morgan fingerprint density at radius 3 is 2.75 bits per heavy atom. The summed E-state index contributed by atoms with van der Waals surface area (Å²) in [5, 5.41) is 3.16. The van der Waals surface area contributed by atoms with E-state index in [0.717, 1.165) is 84.9 Å². The molecule has 6 nitrogen and oxygen atoms in total. The van der Waals surface area contributed by atoms with E-state index in [1.54, 1.807) is 7.11 Å². The monoisotopic (exact) mass is 453 g/mol. The molecular formula is C25H31N3O3S. The second-order valence-electron chi connectivity index (χ2n) is 9.12. The van der Waals surface area contributed by atoms with Gasteiger partial charge in [-0.3, -0.25) is 4.79 Å². The molecule has 1 saturated heterocycles. The number of para-hydroxylation sites is 1. The third-order valence-electron chi connectivity index (χ3n) is 7.04. The van der Waals surface area contributed by atoms with E-state index < -0.39 is 0 Å². The van der Waals surface area contributed by atoms with Crippen molar-refractivity contribution >= 4 is 29.2 Å². The summed E-state index contributed by atoms with van der Waals surface area (Å²) in [6, 6.07) is 12.1. The largest absolute Gasteiger partial charge is 0.496 e. The summed E-state index contributed by atoms with van der Waals surface area (Å²) >= 11 is 1.51. The first-order valence-corrected chi connectivity index (χ1v) is 12.3. The van der Waals surface area contributed by atoms with Gasteiger partial charge in [-0.1, -0.05) is 18.6 Å². The highest BCUT2D eigenvalue weighted by atomic mass is 32.2. The van der Waals surface area contributed by atoms with Crippen LogP contribution in [0.5, 0.6) is 11.5 Å². The molecule has 2 heterocycles. The van der Waals surface area contributed by atoms with Crippen LogP contribution in [0.3, 0.4) is 0 Å². The minimum atomic E-state index is -0.385. The van der Waals surface area contributed by atoms with Gasteiger partial charge in [0.2, 0.25) is 5.91 Å². The fourth-order valence-corrected chi connectivity index (χ4v) is 5.72. The molecule has 32 heavy (non-hydrogen) atoms. The maximum Gasteiger partial charge on any atom is 0.235 e. The summed E-state index contributed by atoms with van der Waals surface area (Å²) in [4.78, 5) is 16.3. The Morgan fingerprint density at radius 1 is 1.12 bits per heavy atom. The van der Waals surface area contributed by atoms with Crippen LogP contribution < -0.4 is 19.5 Å². The molecule has 2 aromatic carbocycles. The van der Waals surface area contributed by atoms with Crippen LogP contribution in [0.4, 0.5) is 11.4 Å². The van der Waals surface area contributed by atoms with Crippen LogP contribution in [0.25, 0.3) is 0 Å². The number of benzene rings is 2. The molecule has 2 aromatic rings. The Morgan fingerprint density at radius 2 is 1.97 bits per heavy atom. The highest BCUT2D eigenvalue weighted by Gasteiger charge is 2.52. The number of carbonyl (C=O) groups is 1. The highest BCUT2D eigenvalue weighted by molar-refractivity contribution is 8.00. The van der Waals surface area contributed by atoms with Crippen molar-refractivity contribution in [2.45, 2.75) is 54.9 Å². The van der Waals surface area contributed by atoms with Gasteiger partial charge in [0.25, 0.3) is 0 Å². The van der Waals surface area contributed by atoms with E-state index in [-0.39, 0.29) is 17.4 Å². The van der Waals surface area contributed by atoms with Crippen LogP contribution in [0, 0.1) is 0 Å². The van der Waals surface area contributed by atoms with Gasteiger partial charge in [0.15, 0.2) is 0 Å². The maximum absolute atomic E-state index is 12.9. The zero-order valence-corrected chi connectivity index (χ0v) is 19.6. The van der Waals surface area contributed by atoms with Crippen LogP contribution in [0.1, 0.15) is 44.1 Å². The molecule has 2 N–H and O–H groups in total. The smallest absolute Gasteiger partial charge is 0.235 e. The van der Waals surface area contributed by atoms with E-state index in [1.165, 1.54) is 11.9 Å². The Bertz CT molecular complexity index is 1010. The quantitative estimate of drug-likeness (QED) is 0.597. The van der Waals surface area contributed by atoms with E-state index in [9.17, 15) is 4.79 Å². The lowest BCUT2D eigenvalue weighted by Crippen LogP contribution is -2.40. The van der Waals surface area contributed by atoms with Crippen molar-refractivity contribution in [3.63, 3.8) is 0 Å². The number of carbonyl (C=O) groups excluding carboxylic acids is 1. The summed E-state index contributed by atoms with van der Waals surface area (Å²) in [5.74, 6) is 1.74. The van der Waals surface area contributed by atoms with Crippen molar-refractivity contribution in [3.05, 3.63) is 42.0 Å². The Balaban J connectivity index is 1.44. The van der Waals surface area contributed by atoms with Gasteiger partial charge in [0, 0.05) is 18.3 Å². The summed E-state index contributed by atoms with van der Waals surface area (Å²) < 4.78 is 15.5. The number of nitrogens with zero attached hydrogens (tertiary/aromatic N) is 1. The highest BCUT2D eigenvalue weighted by Crippen LogP contribution is 2.55. The topological polar surface area (TPSA) is 62.8 Å². The van der Waals surface area contributed by atoms with Gasteiger partial charge in [0.1, 0.15) is 17.6 Å². The summed E-state index contributed by atoms with van der Waals surface area (Å²) in [7, 11) is 3.85. The van der Waals surface area contributed by atoms with Gasteiger partial charge in [-0.05, 0) is 81.4 Å². The number of rotatable bonds is 6. The number of anilines is 2. The lowest BCUT2D eigenvalue weighted by Gasteiger charge is -2.36. The predicted molar refractivity (Wildman–Crippen MR) is 129 cm³/mol. The zero-order valence-electron chi connectivity index (χ0n) is 18.8. The van der Waals surface area contributed by atoms with Gasteiger partial charge in [-0.15, -0.1) is 0 Å². The minimum Gasteiger partial charge on any atom is -0.496 e. The molecule has 1 spiro atoms. The number of hydrogen-bond acceptors (Lipinski definition) is 6. The summed E-state index contributed by atoms with van der Waals surface area (Å²) in [5.41, 5.74) is 2.52. The minimum absolute atomic E-state index is 0.124. The molecule has 1 unspecified atom stereocenters. The normalized spacial score (nSPS) is 21.9. The average molecular weight is 454 g/mol. The zero-order chi connectivity index (χ0) is 22.1. The van der Waals surface area contributed by atoms with Gasteiger partial charge in [-0.2, -0.15) is 0 Å². The molecule has 0 bridgehead atoms. The molecule has 7 heteroatoms. The van der Waals surface area contributed by atoms with Gasteiger partial charge >= 0.3 is 0 Å². The lowest BCUT2D eigenvalue weighted by atomic mass is 9.65. The molecule has 0 aromatic heterocycles. The first-order valence-electron chi connectivity index (χ1n) is 11.5. The second kappa shape index (κ2) is 8.87. The molecule has 1 atom stereocenters. The number of nitrogens with one attached hydrogen (secondary N) is 2. The van der Waals surface area contributed by atoms with Crippen LogP contribution >= 0.6 is 11.9 Å². The van der Waals surface area contributed by atoms with E-state index in [0.29, 0.717) is 0 Å². The van der Waals surface area contributed by atoms with E-state index in [1.807, 2.05) is 30.3 Å². The Kier molecular flexibility index (Phi) is 5.95. The van der Waals surface area contributed by atoms with Crippen molar-refractivity contribution < 1.29 is 14.3 Å². The molecule has 0 radical (unpaired) electrons. The number of fused-ring (bicyclic) bond motifs is 2. The van der Waals surface area contributed by atoms with Crippen LogP contribution in [-0.4, -0.2) is 44.2 Å². The summed E-state index contributed by atoms with van der Waals surface area (Å²) in [6.45, 7) is 2.14. The van der Waals surface area contributed by atoms with Gasteiger partial charge in [-0.25, -0.2) is 0 Å². The fourth-order valence-electron chi connectivity index (χ4n) is 4.98. The number of amides is 1. The third-order valence-corrected chi connectivity index (χ3v) is 7.93. The van der Waals surface area contributed by atoms with E-state index in [4.69, 9.17) is 9.47 Å². The third kappa shape index (κ3) is 3.92. The van der Waals surface area contributed by atoms with Crippen molar-refractivity contribution in [2.24, 2.45) is 0 Å². The Labute approximate surface area is 194 Å². The maximum atomic E-state index is 12.9. The SMILES string of the molecule is COc1ccccc1SNc1cc(OC2CCCN(C)CC2)c2c(c1)C1(CCC1)C(=O)N2. The first kappa shape index (κ1) is 21.5. The van der Waals surface area contributed by atoms with Gasteiger partial charge in [0.05, 0.1) is 23.1 Å². The first-order chi connectivity index (χ1) is 15.6. The molecule has 2 aliphatic heterocycles. The van der Waals surface area contributed by atoms with Crippen LogP contribution in [0.2, 0.25) is 0 Å². The second-order valence-corrected chi connectivity index (χ2v) is 9.96. The van der Waals surface area contributed by atoms with Crippen molar-refractivity contribution in [3.8, 4) is 11.5 Å². The molecule has 1 amide bonds. The number of hydrogen-bond donors (Lipinski definition) is 2. The average Bonchev–Trinajstić information content (AvgIpc) is 2.93. The lowest BCUT2D eigenvalue weighted by molar-refractivity contribution is -0.123. The van der Waals surface area contributed by atoms with Crippen molar-refractivity contribution in [1.29, 1.82) is 0 Å². The van der Waals surface area contributed by atoms with Gasteiger partial charge < -0.3 is 24.4 Å². The standard InChI is InChI=1S/C25H31N3O3S/c1-28-13-5-7-18(10-14-28)31-21-16-17(27-32-22-9-4-3-8-20(22)30-2)15-19-23(21)26-24(29)25(19)11-6-12-25/h3-4,8-9,15-16,18,27H,5-7,10-14H2,1-2H3,(H,26,29). The predicted octanol–water partition coefficient (Wildman–Crippen LogP) is 5.05. The number of methoxy groups -OCH3 is 1. The number of likely N-dealkylation sites (tertiary alicyclic amines) is 1. The Hall–Kier alpha value is -2.38. The molecule has 2 fully saturated rings. The summed E-state index contributed by atoms with van der Waals surface area (Å²) in [6.07, 6.45) is 6.22.